The van der Waals surface area contributed by atoms with Crippen molar-refractivity contribution in [3.8, 4) is 0 Å². The predicted octanol–water partition coefficient (Wildman–Crippen LogP) is 1.69. The third kappa shape index (κ3) is 3.28. The molecular formula is C14H21NO3S. The van der Waals surface area contributed by atoms with Crippen molar-refractivity contribution in [2.75, 3.05) is 24.2 Å². The Bertz CT molecular complexity index is 518. The van der Waals surface area contributed by atoms with Crippen LogP contribution in [0.4, 0.5) is 5.69 Å². The van der Waals surface area contributed by atoms with Gasteiger partial charge in [0.1, 0.15) is 0 Å². The molecule has 1 aromatic rings. The van der Waals surface area contributed by atoms with Crippen molar-refractivity contribution in [3.63, 3.8) is 0 Å². The number of nitrogens with zero attached hydrogens (tertiary/aromatic N) is 1. The fourth-order valence-corrected chi connectivity index (χ4v) is 3.30. The number of benzene rings is 1. The maximum Gasteiger partial charge on any atom is 0.178 e. The summed E-state index contributed by atoms with van der Waals surface area (Å²) >= 11 is 0. The molecule has 0 aliphatic heterocycles. The number of aliphatic hydroxyl groups excluding tert-OH is 1. The molecule has 0 spiro atoms. The summed E-state index contributed by atoms with van der Waals surface area (Å²) in [6.45, 7) is 2.55. The van der Waals surface area contributed by atoms with E-state index in [1.807, 2.05) is 19.2 Å². The highest BCUT2D eigenvalue weighted by molar-refractivity contribution is 7.91. The van der Waals surface area contributed by atoms with E-state index in [9.17, 15) is 13.5 Å². The molecule has 0 aromatic heterocycles. The van der Waals surface area contributed by atoms with Gasteiger partial charge in [0.05, 0.1) is 16.8 Å². The number of rotatable bonds is 5. The standard InChI is InChI=1S/C14H21NO3S/c1-3-19(17,18)14-6-4-12(5-7-14)15(2)10-11-8-13(16)9-11/h4-7,11,13,16H,3,8-10H2,1-2H3. The molecule has 5 heteroatoms. The van der Waals surface area contributed by atoms with E-state index in [-0.39, 0.29) is 11.9 Å². The minimum Gasteiger partial charge on any atom is -0.393 e. The molecule has 1 fully saturated rings. The van der Waals surface area contributed by atoms with Crippen molar-refractivity contribution in [3.05, 3.63) is 24.3 Å². The first-order valence-corrected chi connectivity index (χ1v) is 8.29. The van der Waals surface area contributed by atoms with Gasteiger partial charge >= 0.3 is 0 Å². The number of hydrogen-bond donors (Lipinski definition) is 1. The van der Waals surface area contributed by atoms with E-state index in [1.54, 1.807) is 19.1 Å². The highest BCUT2D eigenvalue weighted by atomic mass is 32.2. The minimum absolute atomic E-state index is 0.127. The van der Waals surface area contributed by atoms with Gasteiger partial charge in [0.2, 0.25) is 0 Å². The summed E-state index contributed by atoms with van der Waals surface area (Å²) in [5, 5.41) is 9.27. The normalized spacial score (nSPS) is 22.9. The smallest absolute Gasteiger partial charge is 0.178 e. The first-order valence-electron chi connectivity index (χ1n) is 6.64. The van der Waals surface area contributed by atoms with Gasteiger partial charge in [-0.3, -0.25) is 0 Å². The van der Waals surface area contributed by atoms with Crippen LogP contribution >= 0.6 is 0 Å². The number of sulfone groups is 1. The Hall–Kier alpha value is -1.07. The molecule has 1 N–H and O–H groups in total. The lowest BCUT2D eigenvalue weighted by atomic mass is 9.82. The molecule has 0 unspecified atom stereocenters. The summed E-state index contributed by atoms with van der Waals surface area (Å²) in [4.78, 5) is 2.49. The van der Waals surface area contributed by atoms with Crippen LogP contribution in [0.5, 0.6) is 0 Å². The molecule has 0 heterocycles. The molecule has 0 bridgehead atoms. The number of anilines is 1. The van der Waals surface area contributed by atoms with Gasteiger partial charge < -0.3 is 10.0 Å². The Morgan fingerprint density at radius 3 is 2.32 bits per heavy atom. The first-order chi connectivity index (χ1) is 8.92. The second-order valence-electron chi connectivity index (χ2n) is 5.27. The molecule has 0 amide bonds. The van der Waals surface area contributed by atoms with Crippen LogP contribution in [0.25, 0.3) is 0 Å². The van der Waals surface area contributed by atoms with Crippen LogP contribution in [0.2, 0.25) is 0 Å². The lowest BCUT2D eigenvalue weighted by molar-refractivity contribution is 0.0465. The van der Waals surface area contributed by atoms with E-state index in [0.29, 0.717) is 10.8 Å². The Morgan fingerprint density at radius 2 is 1.84 bits per heavy atom. The fourth-order valence-electron chi connectivity index (χ4n) is 2.42. The maximum absolute atomic E-state index is 11.7. The quantitative estimate of drug-likeness (QED) is 0.893. The summed E-state index contributed by atoms with van der Waals surface area (Å²) in [5.41, 5.74) is 1.01. The Kier molecular flexibility index (Phi) is 4.16. The van der Waals surface area contributed by atoms with Crippen LogP contribution in [-0.2, 0) is 9.84 Å². The lowest BCUT2D eigenvalue weighted by Crippen LogP contribution is -2.37. The van der Waals surface area contributed by atoms with Gasteiger partial charge in [0, 0.05) is 19.3 Å². The van der Waals surface area contributed by atoms with Crippen LogP contribution in [0.1, 0.15) is 19.8 Å². The molecule has 1 aliphatic rings. The second-order valence-corrected chi connectivity index (χ2v) is 7.55. The van der Waals surface area contributed by atoms with Crippen LogP contribution < -0.4 is 4.90 Å². The molecule has 1 saturated carbocycles. The molecule has 4 nitrogen and oxygen atoms in total. The highest BCUT2D eigenvalue weighted by Gasteiger charge is 2.28. The monoisotopic (exact) mass is 283 g/mol. The number of aliphatic hydroxyl groups is 1. The topological polar surface area (TPSA) is 57.6 Å². The van der Waals surface area contributed by atoms with Gasteiger partial charge in [-0.25, -0.2) is 8.42 Å². The second kappa shape index (κ2) is 5.51. The molecule has 19 heavy (non-hydrogen) atoms. The number of hydrogen-bond acceptors (Lipinski definition) is 4. The molecule has 2 rings (SSSR count). The molecular weight excluding hydrogens is 262 g/mol. The van der Waals surface area contributed by atoms with Crippen molar-refractivity contribution in [2.24, 2.45) is 5.92 Å². The zero-order chi connectivity index (χ0) is 14.0. The third-order valence-electron chi connectivity index (χ3n) is 3.76. The Morgan fingerprint density at radius 1 is 1.26 bits per heavy atom. The molecule has 0 radical (unpaired) electrons. The van der Waals surface area contributed by atoms with Crippen LogP contribution in [-0.4, -0.2) is 39.0 Å². The van der Waals surface area contributed by atoms with Gasteiger partial charge in [0.15, 0.2) is 9.84 Å². The van der Waals surface area contributed by atoms with Gasteiger partial charge in [-0.05, 0) is 43.0 Å². The minimum atomic E-state index is -3.12. The van der Waals surface area contributed by atoms with Crippen LogP contribution in [0.15, 0.2) is 29.2 Å². The van der Waals surface area contributed by atoms with E-state index in [2.05, 4.69) is 4.90 Å². The zero-order valence-electron chi connectivity index (χ0n) is 11.4. The van der Waals surface area contributed by atoms with Crippen molar-refractivity contribution in [1.82, 2.24) is 0 Å². The van der Waals surface area contributed by atoms with E-state index in [0.717, 1.165) is 25.1 Å². The largest absolute Gasteiger partial charge is 0.393 e. The molecule has 0 atom stereocenters. The lowest BCUT2D eigenvalue weighted by Gasteiger charge is -2.35. The van der Waals surface area contributed by atoms with E-state index >= 15 is 0 Å². The molecule has 106 valence electrons. The van der Waals surface area contributed by atoms with Crippen molar-refractivity contribution in [1.29, 1.82) is 0 Å². The summed E-state index contributed by atoms with van der Waals surface area (Å²) in [6.07, 6.45) is 1.61. The Labute approximate surface area is 115 Å². The molecule has 1 aromatic carbocycles. The van der Waals surface area contributed by atoms with E-state index in [4.69, 9.17) is 0 Å². The summed E-state index contributed by atoms with van der Waals surface area (Å²) < 4.78 is 23.4. The van der Waals surface area contributed by atoms with Crippen molar-refractivity contribution < 1.29 is 13.5 Å². The van der Waals surface area contributed by atoms with Crippen LogP contribution in [0, 0.1) is 5.92 Å². The highest BCUT2D eigenvalue weighted by Crippen LogP contribution is 2.29. The van der Waals surface area contributed by atoms with E-state index < -0.39 is 9.84 Å². The van der Waals surface area contributed by atoms with Crippen molar-refractivity contribution >= 4 is 15.5 Å². The molecule has 1 aliphatic carbocycles. The summed E-state index contributed by atoms with van der Waals surface area (Å²) in [5.74, 6) is 0.668. The summed E-state index contributed by atoms with van der Waals surface area (Å²) in [6, 6.07) is 7.02. The van der Waals surface area contributed by atoms with Gasteiger partial charge in [-0.15, -0.1) is 0 Å². The van der Waals surface area contributed by atoms with Gasteiger partial charge in [-0.2, -0.15) is 0 Å². The molecule has 0 saturated heterocycles. The average molecular weight is 283 g/mol. The SMILES string of the molecule is CCS(=O)(=O)c1ccc(N(C)CC2CC(O)C2)cc1. The van der Waals surface area contributed by atoms with Gasteiger partial charge in [-0.1, -0.05) is 6.92 Å². The zero-order valence-corrected chi connectivity index (χ0v) is 12.2. The van der Waals surface area contributed by atoms with Crippen LogP contribution in [0.3, 0.4) is 0 Å². The van der Waals surface area contributed by atoms with Gasteiger partial charge in [0.25, 0.3) is 0 Å². The summed E-state index contributed by atoms with van der Waals surface area (Å²) in [7, 11) is -1.12. The average Bonchev–Trinajstić information content (AvgIpc) is 2.37. The third-order valence-corrected chi connectivity index (χ3v) is 5.51. The first kappa shape index (κ1) is 14.3. The fraction of sp³-hybridized carbons (Fsp3) is 0.571. The van der Waals surface area contributed by atoms with Crippen molar-refractivity contribution in [2.45, 2.75) is 30.8 Å². The van der Waals surface area contributed by atoms with E-state index in [1.165, 1.54) is 0 Å². The maximum atomic E-state index is 11.7. The predicted molar refractivity (Wildman–Crippen MR) is 76.2 cm³/mol. The Balaban J connectivity index is 2.02.